The number of likely N-dealkylation sites (tertiary alicyclic amines) is 2. The third-order valence-corrected chi connectivity index (χ3v) is 6.74. The summed E-state index contributed by atoms with van der Waals surface area (Å²) >= 11 is 0. The highest BCUT2D eigenvalue weighted by atomic mass is 16.5. The average molecular weight is 386 g/mol. The van der Waals surface area contributed by atoms with Gasteiger partial charge in [0.2, 0.25) is 5.91 Å². The van der Waals surface area contributed by atoms with Gasteiger partial charge in [-0.25, -0.2) is 0 Å². The summed E-state index contributed by atoms with van der Waals surface area (Å²) in [6, 6.07) is 11.4. The van der Waals surface area contributed by atoms with Crippen molar-refractivity contribution >= 4 is 5.91 Å². The van der Waals surface area contributed by atoms with Crippen LogP contribution in [0.5, 0.6) is 0 Å². The minimum atomic E-state index is 0.148. The Kier molecular flexibility index (Phi) is 6.34. The second-order valence-corrected chi connectivity index (χ2v) is 9.35. The van der Waals surface area contributed by atoms with Crippen molar-refractivity contribution in [2.24, 2.45) is 11.3 Å². The van der Waals surface area contributed by atoms with Crippen LogP contribution in [0.2, 0.25) is 0 Å². The first-order chi connectivity index (χ1) is 13.6. The number of hydrogen-bond donors (Lipinski definition) is 1. The molecule has 1 N–H and O–H groups in total. The first-order valence-electron chi connectivity index (χ1n) is 11.0. The van der Waals surface area contributed by atoms with Gasteiger partial charge in [-0.1, -0.05) is 37.3 Å². The van der Waals surface area contributed by atoms with Gasteiger partial charge >= 0.3 is 0 Å². The lowest BCUT2D eigenvalue weighted by Gasteiger charge is -2.42. The maximum absolute atomic E-state index is 12.7. The number of carbonyl (C=O) groups excluding carboxylic acids is 1. The predicted molar refractivity (Wildman–Crippen MR) is 111 cm³/mol. The second-order valence-electron chi connectivity index (χ2n) is 9.35. The van der Waals surface area contributed by atoms with E-state index in [0.717, 1.165) is 65.3 Å². The molecule has 0 bridgehead atoms. The lowest BCUT2D eigenvalue weighted by Crippen LogP contribution is -2.53. The Morgan fingerprint density at radius 2 is 1.89 bits per heavy atom. The zero-order chi connectivity index (χ0) is 19.4. The van der Waals surface area contributed by atoms with E-state index in [-0.39, 0.29) is 17.2 Å². The summed E-state index contributed by atoms with van der Waals surface area (Å²) in [7, 11) is 0. The Hall–Kier alpha value is -1.43. The fourth-order valence-corrected chi connectivity index (χ4v) is 4.83. The molecule has 5 nitrogen and oxygen atoms in total. The third-order valence-electron chi connectivity index (χ3n) is 6.74. The summed E-state index contributed by atoms with van der Waals surface area (Å²) in [6.07, 6.45) is 4.61. The van der Waals surface area contributed by atoms with Gasteiger partial charge in [-0.15, -0.1) is 0 Å². The van der Waals surface area contributed by atoms with Crippen molar-refractivity contribution in [2.45, 2.75) is 45.2 Å². The number of ether oxygens (including phenoxy) is 1. The molecule has 154 valence electrons. The summed E-state index contributed by atoms with van der Waals surface area (Å²) in [5.41, 5.74) is 1.55. The SMILES string of the molecule is CC1(CNC(=O)[C@H]2CCCN(C3CCN(Cc4ccccc4)CC3)C2)COC1. The molecule has 3 aliphatic heterocycles. The lowest BCUT2D eigenvalue weighted by molar-refractivity contribution is -0.132. The molecule has 0 radical (unpaired) electrons. The molecular formula is C23H35N3O2. The molecule has 0 saturated carbocycles. The molecule has 3 fully saturated rings. The van der Waals surface area contributed by atoms with Gasteiger partial charge in [0, 0.05) is 31.1 Å². The Morgan fingerprint density at radius 3 is 2.57 bits per heavy atom. The average Bonchev–Trinajstić information content (AvgIpc) is 2.72. The van der Waals surface area contributed by atoms with Crippen LogP contribution in [0.1, 0.15) is 38.2 Å². The van der Waals surface area contributed by atoms with Crippen LogP contribution >= 0.6 is 0 Å². The second kappa shape index (κ2) is 8.93. The van der Waals surface area contributed by atoms with Crippen LogP contribution in [-0.4, -0.2) is 67.7 Å². The molecule has 5 heteroatoms. The van der Waals surface area contributed by atoms with Gasteiger partial charge in [0.1, 0.15) is 0 Å². The topological polar surface area (TPSA) is 44.8 Å². The maximum Gasteiger partial charge on any atom is 0.224 e. The molecule has 3 heterocycles. The molecule has 0 spiro atoms. The predicted octanol–water partition coefficient (Wildman–Crippen LogP) is 2.52. The van der Waals surface area contributed by atoms with Gasteiger partial charge < -0.3 is 10.1 Å². The third kappa shape index (κ3) is 4.94. The van der Waals surface area contributed by atoms with Crippen molar-refractivity contribution in [1.82, 2.24) is 15.1 Å². The zero-order valence-corrected chi connectivity index (χ0v) is 17.2. The number of nitrogens with one attached hydrogen (secondary N) is 1. The minimum Gasteiger partial charge on any atom is -0.380 e. The first-order valence-corrected chi connectivity index (χ1v) is 11.0. The molecule has 1 aromatic carbocycles. The standard InChI is InChI=1S/C23H35N3O2/c1-23(17-28-18-23)16-24-22(27)20-8-5-11-26(15-20)21-9-12-25(13-10-21)14-19-6-3-2-4-7-19/h2-4,6-7,20-21H,5,8-18H2,1H3,(H,24,27)/t20-/m0/s1. The maximum atomic E-state index is 12.7. The highest BCUT2D eigenvalue weighted by Gasteiger charge is 2.36. The van der Waals surface area contributed by atoms with Gasteiger partial charge in [-0.05, 0) is 50.9 Å². The van der Waals surface area contributed by atoms with E-state index in [0.29, 0.717) is 6.04 Å². The van der Waals surface area contributed by atoms with Crippen molar-refractivity contribution in [1.29, 1.82) is 0 Å². The summed E-state index contributed by atoms with van der Waals surface area (Å²) in [6.45, 7) is 9.93. The van der Waals surface area contributed by atoms with Crippen LogP contribution < -0.4 is 5.32 Å². The van der Waals surface area contributed by atoms with E-state index < -0.39 is 0 Å². The molecule has 1 aromatic rings. The number of carbonyl (C=O) groups is 1. The van der Waals surface area contributed by atoms with Gasteiger partial charge in [0.15, 0.2) is 0 Å². The molecule has 1 atom stereocenters. The molecular weight excluding hydrogens is 350 g/mol. The van der Waals surface area contributed by atoms with Crippen LogP contribution in [-0.2, 0) is 16.1 Å². The van der Waals surface area contributed by atoms with Crippen molar-refractivity contribution in [3.8, 4) is 0 Å². The number of hydrogen-bond acceptors (Lipinski definition) is 4. The Morgan fingerprint density at radius 1 is 1.14 bits per heavy atom. The van der Waals surface area contributed by atoms with Crippen molar-refractivity contribution in [3.05, 3.63) is 35.9 Å². The van der Waals surface area contributed by atoms with Gasteiger partial charge in [0.25, 0.3) is 0 Å². The fourth-order valence-electron chi connectivity index (χ4n) is 4.83. The van der Waals surface area contributed by atoms with E-state index in [2.05, 4.69) is 52.4 Å². The molecule has 3 aliphatic rings. The summed E-state index contributed by atoms with van der Waals surface area (Å²) in [5.74, 6) is 0.403. The van der Waals surface area contributed by atoms with Crippen LogP contribution in [0.3, 0.4) is 0 Å². The Balaban J connectivity index is 1.22. The van der Waals surface area contributed by atoms with Crippen molar-refractivity contribution in [2.75, 3.05) is 45.9 Å². The van der Waals surface area contributed by atoms with Crippen LogP contribution in [0.15, 0.2) is 30.3 Å². The molecule has 0 aromatic heterocycles. The normalized spacial score (nSPS) is 26.5. The van der Waals surface area contributed by atoms with E-state index in [1.54, 1.807) is 0 Å². The molecule has 3 saturated heterocycles. The molecule has 0 unspecified atom stereocenters. The largest absolute Gasteiger partial charge is 0.380 e. The van der Waals surface area contributed by atoms with E-state index in [4.69, 9.17) is 4.74 Å². The zero-order valence-electron chi connectivity index (χ0n) is 17.2. The first kappa shape index (κ1) is 19.9. The Labute approximate surface area is 169 Å². The molecule has 0 aliphatic carbocycles. The monoisotopic (exact) mass is 385 g/mol. The number of amides is 1. The van der Waals surface area contributed by atoms with Gasteiger partial charge in [-0.3, -0.25) is 14.6 Å². The highest BCUT2D eigenvalue weighted by Crippen LogP contribution is 2.27. The lowest BCUT2D eigenvalue weighted by atomic mass is 9.88. The molecule has 4 rings (SSSR count). The van der Waals surface area contributed by atoms with Crippen molar-refractivity contribution < 1.29 is 9.53 Å². The smallest absolute Gasteiger partial charge is 0.224 e. The van der Waals surface area contributed by atoms with Gasteiger partial charge in [-0.2, -0.15) is 0 Å². The van der Waals surface area contributed by atoms with E-state index in [1.165, 1.54) is 18.4 Å². The minimum absolute atomic E-state index is 0.148. The van der Waals surface area contributed by atoms with E-state index >= 15 is 0 Å². The molecule has 28 heavy (non-hydrogen) atoms. The van der Waals surface area contributed by atoms with Crippen LogP contribution in [0.4, 0.5) is 0 Å². The fraction of sp³-hybridized carbons (Fsp3) is 0.696. The number of rotatable bonds is 6. The number of nitrogens with zero attached hydrogens (tertiary/aromatic N) is 2. The van der Waals surface area contributed by atoms with Crippen LogP contribution in [0, 0.1) is 11.3 Å². The van der Waals surface area contributed by atoms with E-state index in [9.17, 15) is 4.79 Å². The molecule has 1 amide bonds. The van der Waals surface area contributed by atoms with Crippen LogP contribution in [0.25, 0.3) is 0 Å². The van der Waals surface area contributed by atoms with E-state index in [1.807, 2.05) is 0 Å². The summed E-state index contributed by atoms with van der Waals surface area (Å²) in [5, 5.41) is 3.20. The van der Waals surface area contributed by atoms with Gasteiger partial charge in [0.05, 0.1) is 19.1 Å². The summed E-state index contributed by atoms with van der Waals surface area (Å²) in [4.78, 5) is 17.9. The highest BCUT2D eigenvalue weighted by molar-refractivity contribution is 5.79. The Bertz CT molecular complexity index is 639. The number of benzene rings is 1. The van der Waals surface area contributed by atoms with Crippen molar-refractivity contribution in [3.63, 3.8) is 0 Å². The number of piperidine rings is 2. The summed E-state index contributed by atoms with van der Waals surface area (Å²) < 4.78 is 5.29. The quantitative estimate of drug-likeness (QED) is 0.817.